The number of benzene rings is 1. The van der Waals surface area contributed by atoms with Crippen LogP contribution in [0.15, 0.2) is 30.3 Å². The topological polar surface area (TPSA) is 46.9 Å². The first-order chi connectivity index (χ1) is 17.2. The fourth-order valence-electron chi connectivity index (χ4n) is 5.39. The van der Waals surface area contributed by atoms with E-state index in [0.29, 0.717) is 17.1 Å². The molecule has 1 fully saturated rings. The first kappa shape index (κ1) is 27.2. The number of hydrogen-bond donors (Lipinski definition) is 0. The number of hydrogen-bond acceptors (Lipinski definition) is 4. The number of fused-ring (bicyclic) bond motifs is 2. The van der Waals surface area contributed by atoms with Crippen LogP contribution in [-0.4, -0.2) is 65.8 Å². The summed E-state index contributed by atoms with van der Waals surface area (Å²) in [7, 11) is 1.45. The summed E-state index contributed by atoms with van der Waals surface area (Å²) in [6.07, 6.45) is -9.10. The third-order valence-corrected chi connectivity index (χ3v) is 6.97. The van der Waals surface area contributed by atoms with E-state index >= 15 is 0 Å². The lowest BCUT2D eigenvalue weighted by Gasteiger charge is -2.52. The number of amides is 1. The summed E-state index contributed by atoms with van der Waals surface area (Å²) in [6, 6.07) is 6.96. The number of likely N-dealkylation sites (tertiary alicyclic amines) is 1. The minimum absolute atomic E-state index is 0.0712. The van der Waals surface area contributed by atoms with Crippen LogP contribution in [0.3, 0.4) is 0 Å². The Kier molecular flexibility index (Phi) is 7.17. The third kappa shape index (κ3) is 5.39. The summed E-state index contributed by atoms with van der Waals surface area (Å²) in [4.78, 5) is 16.0. The Hall–Kier alpha value is -2.89. The van der Waals surface area contributed by atoms with Crippen molar-refractivity contribution in [3.05, 3.63) is 47.3 Å². The van der Waals surface area contributed by atoms with Crippen molar-refractivity contribution in [1.82, 2.24) is 14.4 Å². The monoisotopic (exact) mass is 533 g/mol. The van der Waals surface area contributed by atoms with Crippen molar-refractivity contribution < 1.29 is 40.6 Å². The van der Waals surface area contributed by atoms with Gasteiger partial charge in [-0.15, -0.1) is 0 Å². The van der Waals surface area contributed by atoms with Gasteiger partial charge in [-0.1, -0.05) is 0 Å². The van der Waals surface area contributed by atoms with Gasteiger partial charge in [0.15, 0.2) is 11.5 Å². The van der Waals surface area contributed by atoms with E-state index in [4.69, 9.17) is 9.47 Å². The van der Waals surface area contributed by atoms with Crippen molar-refractivity contribution in [2.45, 2.75) is 57.2 Å². The molecule has 1 aromatic carbocycles. The number of carbonyl (C=O) groups is 1. The molecule has 1 aromatic heterocycles. The molecule has 0 saturated carbocycles. The Morgan fingerprint density at radius 2 is 1.65 bits per heavy atom. The van der Waals surface area contributed by atoms with E-state index in [-0.39, 0.29) is 56.7 Å². The van der Waals surface area contributed by atoms with Gasteiger partial charge in [0.25, 0.3) is 5.91 Å². The molecule has 2 aromatic rings. The molecule has 0 bridgehead atoms. The molecular weight excluding hydrogens is 504 g/mol. The molecule has 1 saturated heterocycles. The molecule has 1 spiro atoms. The number of aromatic nitrogens is 1. The van der Waals surface area contributed by atoms with Gasteiger partial charge >= 0.3 is 12.4 Å². The van der Waals surface area contributed by atoms with E-state index in [9.17, 15) is 31.1 Å². The normalized spacial score (nSPS) is 18.3. The van der Waals surface area contributed by atoms with E-state index < -0.39 is 30.1 Å². The number of halogens is 6. The number of ether oxygens (including phenoxy) is 2. The highest BCUT2D eigenvalue weighted by molar-refractivity contribution is 5.95. The van der Waals surface area contributed by atoms with Gasteiger partial charge in [-0.05, 0) is 57.0 Å². The molecule has 4 rings (SSSR count). The molecule has 0 radical (unpaired) electrons. The molecule has 204 valence electrons. The van der Waals surface area contributed by atoms with E-state index in [1.807, 2.05) is 13.8 Å². The highest BCUT2D eigenvalue weighted by Crippen LogP contribution is 2.45. The summed E-state index contributed by atoms with van der Waals surface area (Å²) in [5.41, 5.74) is -1.61. The Balaban J connectivity index is 1.60. The average molecular weight is 534 g/mol. The molecule has 1 amide bonds. The Morgan fingerprint density at radius 1 is 0.973 bits per heavy atom. The predicted octanol–water partition coefficient (Wildman–Crippen LogP) is 5.31. The predicted molar refractivity (Wildman–Crippen MR) is 123 cm³/mol. The number of carbonyl (C=O) groups excluding carboxylic acids is 1. The second-order valence-electron chi connectivity index (χ2n) is 9.65. The van der Waals surface area contributed by atoms with Crippen LogP contribution < -0.4 is 9.47 Å². The smallest absolute Gasteiger partial charge is 0.431 e. The van der Waals surface area contributed by atoms with Crippen LogP contribution in [0.4, 0.5) is 26.3 Å². The Morgan fingerprint density at radius 3 is 2.22 bits per heavy atom. The second-order valence-corrected chi connectivity index (χ2v) is 9.65. The van der Waals surface area contributed by atoms with Gasteiger partial charge in [0.2, 0.25) is 0 Å². The Bertz CT molecular complexity index is 1130. The third-order valence-electron chi connectivity index (χ3n) is 6.97. The zero-order chi connectivity index (χ0) is 27.2. The van der Waals surface area contributed by atoms with Crippen molar-refractivity contribution in [2.75, 3.05) is 33.3 Å². The molecule has 37 heavy (non-hydrogen) atoms. The molecule has 3 heterocycles. The molecule has 6 nitrogen and oxygen atoms in total. The molecule has 0 atom stereocenters. The van der Waals surface area contributed by atoms with E-state index in [1.165, 1.54) is 23.0 Å². The first-order valence-corrected chi connectivity index (χ1v) is 12.0. The summed E-state index contributed by atoms with van der Waals surface area (Å²) in [5.74, 6) is 0.501. The molecule has 0 N–H and O–H groups in total. The van der Waals surface area contributed by atoms with Crippen molar-refractivity contribution in [3.8, 4) is 11.5 Å². The molecule has 2 aliphatic heterocycles. The highest BCUT2D eigenvalue weighted by atomic mass is 19.4. The average Bonchev–Trinajstić information content (AvgIpc) is 3.26. The van der Waals surface area contributed by atoms with E-state index in [2.05, 4.69) is 0 Å². The SMILES string of the molecule is COc1cc(C(=O)N2CCC3(CC2)c2ccc(C(F)(F)F)n2CCN3CC(F)(F)F)ccc1OC(C)C. The van der Waals surface area contributed by atoms with Crippen LogP contribution in [0.5, 0.6) is 11.5 Å². The fourth-order valence-corrected chi connectivity index (χ4v) is 5.39. The maximum Gasteiger partial charge on any atom is 0.431 e. The van der Waals surface area contributed by atoms with Gasteiger partial charge < -0.3 is 18.9 Å². The minimum Gasteiger partial charge on any atom is -0.493 e. The number of alkyl halides is 6. The van der Waals surface area contributed by atoms with Gasteiger partial charge in [-0.2, -0.15) is 26.3 Å². The van der Waals surface area contributed by atoms with Crippen LogP contribution in [-0.2, 0) is 18.3 Å². The quantitative estimate of drug-likeness (QED) is 0.489. The number of methoxy groups -OCH3 is 1. The lowest BCUT2D eigenvalue weighted by molar-refractivity contribution is -0.171. The Labute approximate surface area is 210 Å². The molecule has 12 heteroatoms. The van der Waals surface area contributed by atoms with Crippen LogP contribution in [0.25, 0.3) is 0 Å². The van der Waals surface area contributed by atoms with Crippen molar-refractivity contribution in [3.63, 3.8) is 0 Å². The summed E-state index contributed by atoms with van der Waals surface area (Å²) in [5, 5.41) is 0. The summed E-state index contributed by atoms with van der Waals surface area (Å²) in [6.45, 7) is 2.28. The van der Waals surface area contributed by atoms with Gasteiger partial charge in [-0.25, -0.2) is 0 Å². The zero-order valence-electron chi connectivity index (χ0n) is 20.7. The van der Waals surface area contributed by atoms with Crippen molar-refractivity contribution >= 4 is 5.91 Å². The maximum atomic E-state index is 13.6. The van der Waals surface area contributed by atoms with Crippen LogP contribution >= 0.6 is 0 Å². The van der Waals surface area contributed by atoms with Crippen LogP contribution in [0.2, 0.25) is 0 Å². The van der Waals surface area contributed by atoms with Gasteiger partial charge in [0.05, 0.1) is 25.3 Å². The lowest BCUT2D eigenvalue weighted by Crippen LogP contribution is -2.60. The van der Waals surface area contributed by atoms with Crippen LogP contribution in [0, 0.1) is 0 Å². The number of rotatable bonds is 5. The summed E-state index contributed by atoms with van der Waals surface area (Å²) >= 11 is 0. The largest absolute Gasteiger partial charge is 0.493 e. The fraction of sp³-hybridized carbons (Fsp3) is 0.560. The van der Waals surface area contributed by atoms with Crippen molar-refractivity contribution in [2.24, 2.45) is 0 Å². The van der Waals surface area contributed by atoms with Gasteiger partial charge in [0, 0.05) is 37.4 Å². The number of nitrogens with zero attached hydrogens (tertiary/aromatic N) is 3. The molecule has 0 unspecified atom stereocenters. The molecule has 2 aliphatic rings. The molecule has 0 aliphatic carbocycles. The van der Waals surface area contributed by atoms with E-state index in [1.54, 1.807) is 18.2 Å². The first-order valence-electron chi connectivity index (χ1n) is 12.0. The second kappa shape index (κ2) is 9.77. The standard InChI is InChI=1S/C25H29F6N3O3/c1-16(2)37-18-5-4-17(14-19(18)36-3)22(35)32-10-8-23(9-11-32)20-6-7-21(25(29,30)31)34(20)13-12-33(23)15-24(26,27)28/h4-7,14,16H,8-13,15H2,1-3H3. The minimum atomic E-state index is -4.62. The highest BCUT2D eigenvalue weighted by Gasteiger charge is 2.51. The lowest BCUT2D eigenvalue weighted by atomic mass is 9.80. The maximum absolute atomic E-state index is 13.6. The summed E-state index contributed by atoms with van der Waals surface area (Å²) < 4.78 is 93.1. The zero-order valence-corrected chi connectivity index (χ0v) is 20.7. The van der Waals surface area contributed by atoms with Crippen molar-refractivity contribution in [1.29, 1.82) is 0 Å². The van der Waals surface area contributed by atoms with Gasteiger partial charge in [0.1, 0.15) is 5.69 Å². The van der Waals surface area contributed by atoms with E-state index in [0.717, 1.165) is 10.6 Å². The molecular formula is C25H29F6N3O3. The van der Waals surface area contributed by atoms with Gasteiger partial charge in [-0.3, -0.25) is 9.69 Å². The van der Waals surface area contributed by atoms with Crippen LogP contribution in [0.1, 0.15) is 48.4 Å². The number of piperidine rings is 1.